The first-order chi connectivity index (χ1) is 10.1. The minimum absolute atomic E-state index is 0.200. The summed E-state index contributed by atoms with van der Waals surface area (Å²) in [6.07, 6.45) is 1.35. The van der Waals surface area contributed by atoms with Gasteiger partial charge in [-0.05, 0) is 38.1 Å². The van der Waals surface area contributed by atoms with Gasteiger partial charge in [0.1, 0.15) is 6.33 Å². The van der Waals surface area contributed by atoms with Gasteiger partial charge in [0, 0.05) is 18.2 Å². The van der Waals surface area contributed by atoms with Crippen molar-refractivity contribution in [1.82, 2.24) is 20.1 Å². The summed E-state index contributed by atoms with van der Waals surface area (Å²) in [6.45, 7) is 8.41. The number of nitrogens with zero attached hydrogens (tertiary/aromatic N) is 3. The second kappa shape index (κ2) is 6.99. The number of aromatic amines is 1. The zero-order valence-corrected chi connectivity index (χ0v) is 12.6. The van der Waals surface area contributed by atoms with Crippen molar-refractivity contribution < 1.29 is 4.79 Å². The number of carbonyl (C=O) groups is 1. The van der Waals surface area contributed by atoms with Crippen molar-refractivity contribution in [2.24, 2.45) is 0 Å². The molecule has 0 unspecified atom stereocenters. The average Bonchev–Trinajstić information content (AvgIpc) is 2.98. The summed E-state index contributed by atoms with van der Waals surface area (Å²) in [5, 5.41) is 8.93. The molecular weight excluding hydrogens is 266 g/mol. The van der Waals surface area contributed by atoms with Gasteiger partial charge in [0.05, 0.1) is 0 Å². The molecule has 112 valence electrons. The molecule has 0 saturated heterocycles. The highest BCUT2D eigenvalue weighted by Crippen LogP contribution is 2.11. The molecule has 0 atom stereocenters. The van der Waals surface area contributed by atoms with Gasteiger partial charge in [-0.15, -0.1) is 0 Å². The first-order valence-corrected chi connectivity index (χ1v) is 7.10. The summed E-state index contributed by atoms with van der Waals surface area (Å²) >= 11 is 0. The molecular formula is C15H21N5O. The van der Waals surface area contributed by atoms with Gasteiger partial charge in [-0.2, -0.15) is 10.1 Å². The van der Waals surface area contributed by atoms with E-state index in [1.807, 2.05) is 24.3 Å². The normalized spacial score (nSPS) is 11.1. The molecule has 6 nitrogen and oxygen atoms in total. The van der Waals surface area contributed by atoms with Crippen LogP contribution in [-0.4, -0.2) is 38.6 Å². The Morgan fingerprint density at radius 3 is 2.57 bits per heavy atom. The molecule has 0 aliphatic carbocycles. The Morgan fingerprint density at radius 1 is 1.33 bits per heavy atom. The Balaban J connectivity index is 1.99. The highest BCUT2D eigenvalue weighted by atomic mass is 16.1. The number of amides is 1. The van der Waals surface area contributed by atoms with Gasteiger partial charge in [0.25, 0.3) is 5.91 Å². The van der Waals surface area contributed by atoms with Crippen LogP contribution in [0.5, 0.6) is 0 Å². The highest BCUT2D eigenvalue weighted by Gasteiger charge is 2.10. The number of aromatic nitrogens is 3. The van der Waals surface area contributed by atoms with Crippen LogP contribution in [0.3, 0.4) is 0 Å². The molecule has 21 heavy (non-hydrogen) atoms. The summed E-state index contributed by atoms with van der Waals surface area (Å²) in [5.41, 5.74) is 1.80. The van der Waals surface area contributed by atoms with Crippen LogP contribution in [0.15, 0.2) is 30.6 Å². The van der Waals surface area contributed by atoms with Crippen LogP contribution >= 0.6 is 0 Å². The summed E-state index contributed by atoms with van der Waals surface area (Å²) in [4.78, 5) is 18.2. The number of hydrogen-bond donors (Lipinski definition) is 2. The van der Waals surface area contributed by atoms with Gasteiger partial charge in [0.15, 0.2) is 0 Å². The number of hydrogen-bond acceptors (Lipinski definition) is 4. The van der Waals surface area contributed by atoms with E-state index in [-0.39, 0.29) is 5.91 Å². The lowest BCUT2D eigenvalue weighted by Crippen LogP contribution is -2.29. The molecule has 0 saturated carbocycles. The van der Waals surface area contributed by atoms with Gasteiger partial charge in [-0.1, -0.05) is 19.1 Å². The summed E-state index contributed by atoms with van der Waals surface area (Å²) in [5.74, 6) is 0.149. The van der Waals surface area contributed by atoms with E-state index in [2.05, 4.69) is 46.2 Å². The third-order valence-electron chi connectivity index (χ3n) is 3.39. The highest BCUT2D eigenvalue weighted by molar-refractivity contribution is 6.03. The molecule has 2 N–H and O–H groups in total. The number of nitrogens with one attached hydrogen (secondary N) is 2. The first kappa shape index (κ1) is 15.2. The molecule has 0 aliphatic rings. The maximum atomic E-state index is 12.0. The van der Waals surface area contributed by atoms with E-state index in [0.717, 1.165) is 13.1 Å². The van der Waals surface area contributed by atoms with Crippen LogP contribution < -0.4 is 5.32 Å². The molecule has 1 heterocycles. The average molecular weight is 287 g/mol. The third-order valence-corrected chi connectivity index (χ3v) is 3.39. The second-order valence-corrected chi connectivity index (χ2v) is 5.14. The fourth-order valence-electron chi connectivity index (χ4n) is 2.10. The zero-order valence-electron chi connectivity index (χ0n) is 12.6. The van der Waals surface area contributed by atoms with Crippen LogP contribution in [-0.2, 0) is 6.54 Å². The van der Waals surface area contributed by atoms with E-state index in [0.29, 0.717) is 17.6 Å². The van der Waals surface area contributed by atoms with Crippen molar-refractivity contribution in [3.8, 4) is 0 Å². The summed E-state index contributed by atoms with van der Waals surface area (Å²) in [7, 11) is 0. The Hall–Kier alpha value is -2.21. The number of anilines is 1. The number of rotatable bonds is 6. The summed E-state index contributed by atoms with van der Waals surface area (Å²) < 4.78 is 0. The van der Waals surface area contributed by atoms with Crippen molar-refractivity contribution >= 4 is 11.9 Å². The van der Waals surface area contributed by atoms with E-state index in [9.17, 15) is 4.79 Å². The predicted octanol–water partition coefficient (Wildman–Crippen LogP) is 2.29. The molecule has 0 radical (unpaired) electrons. The van der Waals surface area contributed by atoms with E-state index < -0.39 is 0 Å². The Bertz CT molecular complexity index is 562. The molecule has 0 spiro atoms. The minimum Gasteiger partial charge on any atom is -0.297 e. The van der Waals surface area contributed by atoms with E-state index >= 15 is 0 Å². The number of benzene rings is 1. The minimum atomic E-state index is -0.200. The zero-order chi connectivity index (χ0) is 15.2. The van der Waals surface area contributed by atoms with Crippen LogP contribution in [0.2, 0.25) is 0 Å². The molecule has 1 amide bonds. The summed E-state index contributed by atoms with van der Waals surface area (Å²) in [6, 6.07) is 8.13. The maximum absolute atomic E-state index is 12.0. The Kier molecular flexibility index (Phi) is 5.05. The molecule has 2 aromatic rings. The number of H-pyrrole nitrogens is 1. The quantitative estimate of drug-likeness (QED) is 0.855. The van der Waals surface area contributed by atoms with Crippen molar-refractivity contribution in [3.05, 3.63) is 41.7 Å². The molecule has 1 aromatic carbocycles. The van der Waals surface area contributed by atoms with Crippen molar-refractivity contribution in [2.45, 2.75) is 33.4 Å². The third kappa shape index (κ3) is 4.13. The maximum Gasteiger partial charge on any atom is 0.258 e. The van der Waals surface area contributed by atoms with Crippen LogP contribution in [0.4, 0.5) is 5.95 Å². The van der Waals surface area contributed by atoms with Crippen molar-refractivity contribution in [3.63, 3.8) is 0 Å². The fourth-order valence-corrected chi connectivity index (χ4v) is 2.10. The lowest BCUT2D eigenvalue weighted by molar-refractivity contribution is 0.102. The standard InChI is InChI=1S/C15H21N5O/c1-4-20(11(2)3)9-12-5-7-13(8-6-12)14(21)18-15-16-10-17-19-15/h5-8,10-11H,4,9H2,1-3H3,(H2,16,17,18,19,21). The topological polar surface area (TPSA) is 73.9 Å². The fraction of sp³-hybridized carbons (Fsp3) is 0.400. The molecule has 0 aliphatic heterocycles. The predicted molar refractivity (Wildman–Crippen MR) is 82.0 cm³/mol. The molecule has 0 bridgehead atoms. The van der Waals surface area contributed by atoms with Crippen LogP contribution in [0.1, 0.15) is 36.7 Å². The molecule has 2 rings (SSSR count). The van der Waals surface area contributed by atoms with Crippen LogP contribution in [0.25, 0.3) is 0 Å². The first-order valence-electron chi connectivity index (χ1n) is 7.10. The van der Waals surface area contributed by atoms with Crippen LogP contribution in [0, 0.1) is 0 Å². The molecule has 6 heteroatoms. The van der Waals surface area contributed by atoms with Gasteiger partial charge in [-0.3, -0.25) is 15.0 Å². The van der Waals surface area contributed by atoms with Crippen molar-refractivity contribution in [1.29, 1.82) is 0 Å². The lowest BCUT2D eigenvalue weighted by Gasteiger charge is -2.24. The largest absolute Gasteiger partial charge is 0.297 e. The second-order valence-electron chi connectivity index (χ2n) is 5.14. The van der Waals surface area contributed by atoms with E-state index in [1.54, 1.807) is 0 Å². The Labute approximate surface area is 124 Å². The van der Waals surface area contributed by atoms with E-state index in [4.69, 9.17) is 0 Å². The lowest BCUT2D eigenvalue weighted by atomic mass is 10.1. The van der Waals surface area contributed by atoms with Crippen molar-refractivity contribution in [2.75, 3.05) is 11.9 Å². The van der Waals surface area contributed by atoms with Gasteiger partial charge < -0.3 is 0 Å². The van der Waals surface area contributed by atoms with Gasteiger partial charge >= 0.3 is 0 Å². The van der Waals surface area contributed by atoms with Gasteiger partial charge in [0.2, 0.25) is 5.95 Å². The molecule has 1 aromatic heterocycles. The smallest absolute Gasteiger partial charge is 0.258 e. The molecule has 0 fully saturated rings. The SMILES string of the molecule is CCN(Cc1ccc(C(=O)Nc2ncn[nH]2)cc1)C(C)C. The van der Waals surface area contributed by atoms with E-state index in [1.165, 1.54) is 11.9 Å². The number of carbonyl (C=O) groups excluding carboxylic acids is 1. The monoisotopic (exact) mass is 287 g/mol. The van der Waals surface area contributed by atoms with Gasteiger partial charge in [-0.25, -0.2) is 5.10 Å². The Morgan fingerprint density at radius 2 is 2.05 bits per heavy atom.